The minimum absolute atomic E-state index is 0.136. The van der Waals surface area contributed by atoms with Gasteiger partial charge in [-0.15, -0.1) is 0 Å². The fourth-order valence-corrected chi connectivity index (χ4v) is 3.42. The van der Waals surface area contributed by atoms with E-state index in [0.717, 1.165) is 42.5 Å². The van der Waals surface area contributed by atoms with Crippen molar-refractivity contribution >= 4 is 0 Å². The summed E-state index contributed by atoms with van der Waals surface area (Å²) >= 11 is 0. The van der Waals surface area contributed by atoms with Crippen LogP contribution in [0.1, 0.15) is 31.4 Å². The maximum atomic E-state index is 14.8. The molecule has 2 aromatic rings. The Hall–Kier alpha value is -2.71. The smallest absolute Gasteiger partial charge is 0.460 e. The van der Waals surface area contributed by atoms with Crippen LogP contribution in [-0.2, 0) is 5.60 Å². The molecule has 0 aromatic heterocycles. The van der Waals surface area contributed by atoms with E-state index in [9.17, 15) is 62.2 Å². The molecule has 0 amide bonds. The standard InChI is InChI=1S/C23H19F13O2/c1-13(2)38-16-10-6-9-15(11-16)17(37,14-7-4-3-5-8-14)12-18(24,25)19(26,27)20(28,29)21(30,31)22(32,33)23(34,35)36/h3-11,13,37H,12H2,1-2H3. The molecule has 214 valence electrons. The van der Waals surface area contributed by atoms with Crippen LogP contribution in [0.3, 0.4) is 0 Å². The minimum Gasteiger partial charge on any atom is -0.491 e. The summed E-state index contributed by atoms with van der Waals surface area (Å²) in [7, 11) is 0. The first-order valence-electron chi connectivity index (χ1n) is 10.5. The molecule has 1 atom stereocenters. The Morgan fingerprint density at radius 2 is 1.11 bits per heavy atom. The minimum atomic E-state index is -8.03. The molecule has 0 aliphatic carbocycles. The van der Waals surface area contributed by atoms with Gasteiger partial charge in [-0.2, -0.15) is 57.1 Å². The summed E-state index contributed by atoms with van der Waals surface area (Å²) in [6.07, 6.45) is -10.9. The maximum absolute atomic E-state index is 14.8. The third-order valence-electron chi connectivity index (χ3n) is 5.41. The number of ether oxygens (including phenoxy) is 1. The normalized spacial score (nSPS) is 15.9. The van der Waals surface area contributed by atoms with Crippen molar-refractivity contribution in [1.29, 1.82) is 0 Å². The highest BCUT2D eigenvalue weighted by atomic mass is 19.4. The first-order valence-corrected chi connectivity index (χ1v) is 10.5. The Labute approximate surface area is 207 Å². The van der Waals surface area contributed by atoms with E-state index in [2.05, 4.69) is 0 Å². The number of hydrogen-bond donors (Lipinski definition) is 1. The third-order valence-corrected chi connectivity index (χ3v) is 5.41. The number of aliphatic hydroxyl groups is 1. The molecule has 0 radical (unpaired) electrons. The van der Waals surface area contributed by atoms with Crippen molar-refractivity contribution in [1.82, 2.24) is 0 Å². The van der Waals surface area contributed by atoms with Gasteiger partial charge in [0.05, 0.1) is 12.5 Å². The molecule has 0 fully saturated rings. The summed E-state index contributed by atoms with van der Waals surface area (Å²) in [6, 6.07) is 9.20. The van der Waals surface area contributed by atoms with Gasteiger partial charge < -0.3 is 9.84 Å². The number of hydrogen-bond acceptors (Lipinski definition) is 2. The van der Waals surface area contributed by atoms with Crippen LogP contribution >= 0.6 is 0 Å². The predicted molar refractivity (Wildman–Crippen MR) is 107 cm³/mol. The molecule has 1 N–H and O–H groups in total. The molecule has 0 bridgehead atoms. The first kappa shape index (κ1) is 31.5. The second-order valence-corrected chi connectivity index (χ2v) is 8.60. The van der Waals surface area contributed by atoms with Crippen molar-refractivity contribution in [3.8, 4) is 5.75 Å². The van der Waals surface area contributed by atoms with Gasteiger partial charge in [0.2, 0.25) is 0 Å². The van der Waals surface area contributed by atoms with Crippen molar-refractivity contribution in [3.05, 3.63) is 65.7 Å². The van der Waals surface area contributed by atoms with Crippen molar-refractivity contribution in [2.24, 2.45) is 0 Å². The van der Waals surface area contributed by atoms with E-state index in [1.165, 1.54) is 26.0 Å². The Kier molecular flexibility index (Phi) is 8.12. The summed E-state index contributed by atoms with van der Waals surface area (Å²) in [6.45, 7) is 3.04. The van der Waals surface area contributed by atoms with Crippen molar-refractivity contribution < 1.29 is 66.9 Å². The van der Waals surface area contributed by atoms with Crippen molar-refractivity contribution in [2.45, 2.75) is 67.8 Å². The fourth-order valence-electron chi connectivity index (χ4n) is 3.42. The summed E-state index contributed by atoms with van der Waals surface area (Å²) in [5, 5.41) is 11.1. The van der Waals surface area contributed by atoms with E-state index in [1.807, 2.05) is 0 Å². The van der Waals surface area contributed by atoms with Gasteiger partial charge in [0.1, 0.15) is 11.4 Å². The van der Waals surface area contributed by atoms with Gasteiger partial charge in [0, 0.05) is 0 Å². The highest BCUT2D eigenvalue weighted by molar-refractivity contribution is 5.40. The van der Waals surface area contributed by atoms with Crippen LogP contribution in [-0.4, -0.2) is 47.0 Å². The summed E-state index contributed by atoms with van der Waals surface area (Å²) in [5.74, 6) is -38.0. The molecule has 0 aliphatic rings. The molecule has 0 saturated heterocycles. The summed E-state index contributed by atoms with van der Waals surface area (Å²) < 4.78 is 182. The highest BCUT2D eigenvalue weighted by Gasteiger charge is 2.90. The fraction of sp³-hybridized carbons (Fsp3) is 0.478. The van der Waals surface area contributed by atoms with Gasteiger partial charge in [0.15, 0.2) is 0 Å². The zero-order valence-corrected chi connectivity index (χ0v) is 19.2. The van der Waals surface area contributed by atoms with Gasteiger partial charge >= 0.3 is 35.8 Å². The molecular formula is C23H19F13O2. The zero-order chi connectivity index (χ0) is 29.6. The molecule has 1 unspecified atom stereocenters. The van der Waals surface area contributed by atoms with Crippen LogP contribution < -0.4 is 4.74 Å². The second kappa shape index (κ2) is 9.79. The molecule has 15 heteroatoms. The van der Waals surface area contributed by atoms with Crippen LogP contribution in [0.2, 0.25) is 0 Å². The SMILES string of the molecule is CC(C)Oc1cccc(C(O)(CC(F)(F)C(F)(F)C(F)(F)C(F)(F)C(F)(F)C(F)(F)F)c2ccccc2)c1. The molecule has 0 heterocycles. The topological polar surface area (TPSA) is 29.5 Å². The number of benzene rings is 2. The van der Waals surface area contributed by atoms with E-state index in [-0.39, 0.29) is 5.75 Å². The second-order valence-electron chi connectivity index (χ2n) is 8.60. The number of halogens is 13. The van der Waals surface area contributed by atoms with E-state index in [0.29, 0.717) is 0 Å². The first-order chi connectivity index (χ1) is 17.0. The average molecular weight is 574 g/mol. The number of rotatable bonds is 10. The van der Waals surface area contributed by atoms with Gasteiger partial charge in [0.25, 0.3) is 0 Å². The molecule has 38 heavy (non-hydrogen) atoms. The average Bonchev–Trinajstić information content (AvgIpc) is 2.77. The van der Waals surface area contributed by atoms with Crippen LogP contribution in [0.4, 0.5) is 57.1 Å². The lowest BCUT2D eigenvalue weighted by atomic mass is 9.79. The third kappa shape index (κ3) is 5.13. The van der Waals surface area contributed by atoms with Crippen molar-refractivity contribution in [2.75, 3.05) is 0 Å². The van der Waals surface area contributed by atoms with Crippen LogP contribution in [0, 0.1) is 0 Å². The highest BCUT2D eigenvalue weighted by Crippen LogP contribution is 2.61. The predicted octanol–water partition coefficient (Wildman–Crippen LogP) is 7.84. The van der Waals surface area contributed by atoms with Crippen molar-refractivity contribution in [3.63, 3.8) is 0 Å². The van der Waals surface area contributed by atoms with Gasteiger partial charge in [-0.25, -0.2) is 0 Å². The molecule has 2 rings (SSSR count). The van der Waals surface area contributed by atoms with E-state index in [1.54, 1.807) is 0 Å². The maximum Gasteiger partial charge on any atom is 0.460 e. The quantitative estimate of drug-likeness (QED) is 0.293. The molecule has 2 aromatic carbocycles. The Balaban J connectivity index is 2.69. The molecule has 0 aliphatic heterocycles. The zero-order valence-electron chi connectivity index (χ0n) is 19.2. The summed E-state index contributed by atoms with van der Waals surface area (Å²) in [4.78, 5) is 0. The molecule has 0 spiro atoms. The summed E-state index contributed by atoms with van der Waals surface area (Å²) in [5.41, 5.74) is -4.75. The van der Waals surface area contributed by atoms with E-state index < -0.39 is 65.0 Å². The molecular weight excluding hydrogens is 555 g/mol. The van der Waals surface area contributed by atoms with Gasteiger partial charge in [-0.05, 0) is 37.1 Å². The Morgan fingerprint density at radius 3 is 1.58 bits per heavy atom. The van der Waals surface area contributed by atoms with Crippen LogP contribution in [0.5, 0.6) is 5.75 Å². The van der Waals surface area contributed by atoms with Gasteiger partial charge in [-0.3, -0.25) is 0 Å². The molecule has 2 nitrogen and oxygen atoms in total. The lowest BCUT2D eigenvalue weighted by molar-refractivity contribution is -0.441. The van der Waals surface area contributed by atoms with E-state index in [4.69, 9.17) is 4.74 Å². The lowest BCUT2D eigenvalue weighted by Gasteiger charge is -2.42. The number of alkyl halides is 13. The van der Waals surface area contributed by atoms with Gasteiger partial charge in [-0.1, -0.05) is 42.5 Å². The van der Waals surface area contributed by atoms with Crippen LogP contribution in [0.15, 0.2) is 54.6 Å². The molecule has 0 saturated carbocycles. The monoisotopic (exact) mass is 574 g/mol. The van der Waals surface area contributed by atoms with Crippen LogP contribution in [0.25, 0.3) is 0 Å². The Bertz CT molecular complexity index is 1100. The Morgan fingerprint density at radius 1 is 0.632 bits per heavy atom. The van der Waals surface area contributed by atoms with E-state index >= 15 is 0 Å². The largest absolute Gasteiger partial charge is 0.491 e. The lowest BCUT2D eigenvalue weighted by Crippen LogP contribution is -2.70.